The van der Waals surface area contributed by atoms with Crippen molar-refractivity contribution in [1.82, 2.24) is 0 Å². The molecule has 1 aromatic carbocycles. The minimum atomic E-state index is -3.54. The Labute approximate surface area is 124 Å². The molecule has 0 aromatic heterocycles. The van der Waals surface area contributed by atoms with Gasteiger partial charge in [-0.3, -0.25) is 0 Å². The highest BCUT2D eigenvalue weighted by molar-refractivity contribution is 7.91. The second-order valence-corrected chi connectivity index (χ2v) is 7.28. The summed E-state index contributed by atoms with van der Waals surface area (Å²) < 4.78 is 24.9. The van der Waals surface area contributed by atoms with Gasteiger partial charge in [0.1, 0.15) is 0 Å². The summed E-state index contributed by atoms with van der Waals surface area (Å²) >= 11 is 5.85. The van der Waals surface area contributed by atoms with Crippen LogP contribution in [0.3, 0.4) is 0 Å². The maximum atomic E-state index is 12.5. The monoisotopic (exact) mass is 318 g/mol. The van der Waals surface area contributed by atoms with Crippen LogP contribution in [0.4, 0.5) is 0 Å². The lowest BCUT2D eigenvalue weighted by atomic mass is 10.1. The molecule has 1 aromatic rings. The number of benzene rings is 1. The molecule has 0 aliphatic rings. The van der Waals surface area contributed by atoms with Crippen molar-refractivity contribution in [2.45, 2.75) is 38.5 Å². The Morgan fingerprint density at radius 1 is 1.30 bits per heavy atom. The first-order chi connectivity index (χ1) is 9.22. The van der Waals surface area contributed by atoms with E-state index in [-0.39, 0.29) is 32.7 Å². The molecule has 0 heterocycles. The van der Waals surface area contributed by atoms with E-state index < -0.39 is 15.8 Å². The van der Waals surface area contributed by atoms with E-state index in [4.69, 9.17) is 16.7 Å². The average Bonchev–Trinajstić information content (AvgIpc) is 2.37. The predicted molar refractivity (Wildman–Crippen MR) is 79.3 cm³/mol. The number of carboxylic acids is 1. The van der Waals surface area contributed by atoms with Crippen molar-refractivity contribution < 1.29 is 18.3 Å². The topological polar surface area (TPSA) is 71.4 Å². The summed E-state index contributed by atoms with van der Waals surface area (Å²) in [7, 11) is -3.54. The summed E-state index contributed by atoms with van der Waals surface area (Å²) in [6, 6.07) is 2.61. The first-order valence-corrected chi connectivity index (χ1v) is 8.52. The molecule has 6 heteroatoms. The van der Waals surface area contributed by atoms with Crippen molar-refractivity contribution in [2.24, 2.45) is 5.92 Å². The van der Waals surface area contributed by atoms with Gasteiger partial charge in [0, 0.05) is 5.02 Å². The Morgan fingerprint density at radius 3 is 2.30 bits per heavy atom. The minimum absolute atomic E-state index is 0.0141. The Hall–Kier alpha value is -1.07. The van der Waals surface area contributed by atoms with E-state index in [0.29, 0.717) is 0 Å². The third-order valence-corrected chi connectivity index (χ3v) is 5.72. The molecular formula is C14H19ClO4S. The predicted octanol–water partition coefficient (Wildman–Crippen LogP) is 3.56. The van der Waals surface area contributed by atoms with Crippen molar-refractivity contribution in [3.05, 3.63) is 28.3 Å². The van der Waals surface area contributed by atoms with Gasteiger partial charge >= 0.3 is 5.97 Å². The standard InChI is InChI=1S/C14H19ClO4S/c1-4-10(5-2)8-20(18,19)13-7-11(15)6-12(9(13)3)14(16)17/h6-7,10H,4-5,8H2,1-3H3,(H,16,17). The molecule has 0 atom stereocenters. The second-order valence-electron chi connectivity index (χ2n) is 4.85. The number of carboxylic acid groups (broad SMARTS) is 1. The summed E-state index contributed by atoms with van der Waals surface area (Å²) in [5, 5.41) is 9.22. The van der Waals surface area contributed by atoms with Crippen molar-refractivity contribution in [1.29, 1.82) is 0 Å². The number of halogens is 1. The smallest absolute Gasteiger partial charge is 0.336 e. The molecule has 0 unspecified atom stereocenters. The number of hydrogen-bond acceptors (Lipinski definition) is 3. The van der Waals surface area contributed by atoms with Gasteiger partial charge in [0.05, 0.1) is 16.2 Å². The van der Waals surface area contributed by atoms with Gasteiger partial charge in [-0.05, 0) is 30.5 Å². The van der Waals surface area contributed by atoms with E-state index in [0.717, 1.165) is 12.8 Å². The third kappa shape index (κ3) is 3.73. The fraction of sp³-hybridized carbons (Fsp3) is 0.500. The molecule has 0 saturated heterocycles. The zero-order valence-electron chi connectivity index (χ0n) is 11.8. The lowest BCUT2D eigenvalue weighted by molar-refractivity contribution is 0.0696. The number of rotatable bonds is 6. The van der Waals surface area contributed by atoms with Crippen LogP contribution in [-0.2, 0) is 9.84 Å². The molecule has 0 spiro atoms. The van der Waals surface area contributed by atoms with Gasteiger partial charge in [-0.2, -0.15) is 0 Å². The number of aromatic carboxylic acids is 1. The van der Waals surface area contributed by atoms with Crippen molar-refractivity contribution in [3.63, 3.8) is 0 Å². The Kier molecular flexibility index (Phi) is 5.59. The van der Waals surface area contributed by atoms with E-state index in [2.05, 4.69) is 0 Å². The maximum Gasteiger partial charge on any atom is 0.336 e. The van der Waals surface area contributed by atoms with Gasteiger partial charge in [-0.15, -0.1) is 0 Å². The molecule has 0 bridgehead atoms. The molecule has 20 heavy (non-hydrogen) atoms. The molecule has 4 nitrogen and oxygen atoms in total. The van der Waals surface area contributed by atoms with E-state index >= 15 is 0 Å². The van der Waals surface area contributed by atoms with E-state index in [1.54, 1.807) is 0 Å². The van der Waals surface area contributed by atoms with Gasteiger partial charge in [-0.25, -0.2) is 13.2 Å². The summed E-state index contributed by atoms with van der Waals surface area (Å²) in [5.41, 5.74) is 0.175. The fourth-order valence-corrected chi connectivity index (χ4v) is 4.56. The SMILES string of the molecule is CCC(CC)CS(=O)(=O)c1cc(Cl)cc(C(=O)O)c1C. The van der Waals surface area contributed by atoms with Crippen LogP contribution in [0.5, 0.6) is 0 Å². The van der Waals surface area contributed by atoms with Crippen LogP contribution in [0.25, 0.3) is 0 Å². The van der Waals surface area contributed by atoms with E-state index in [1.165, 1.54) is 19.1 Å². The minimum Gasteiger partial charge on any atom is -0.478 e. The van der Waals surface area contributed by atoms with Crippen LogP contribution in [-0.4, -0.2) is 25.2 Å². The van der Waals surface area contributed by atoms with Crippen LogP contribution in [0.2, 0.25) is 5.02 Å². The number of hydrogen-bond donors (Lipinski definition) is 1. The lowest BCUT2D eigenvalue weighted by Gasteiger charge is -2.15. The molecule has 0 radical (unpaired) electrons. The van der Waals surface area contributed by atoms with E-state index in [9.17, 15) is 13.2 Å². The molecule has 0 aliphatic heterocycles. The summed E-state index contributed by atoms with van der Waals surface area (Å²) in [4.78, 5) is 11.2. The Bertz CT molecular complexity index is 604. The van der Waals surface area contributed by atoms with Gasteiger partial charge in [0.2, 0.25) is 0 Å². The van der Waals surface area contributed by atoms with Gasteiger partial charge < -0.3 is 5.11 Å². The van der Waals surface area contributed by atoms with Crippen molar-refractivity contribution >= 4 is 27.4 Å². The number of sulfone groups is 1. The number of carbonyl (C=O) groups is 1. The Morgan fingerprint density at radius 2 is 1.85 bits per heavy atom. The molecule has 0 saturated carbocycles. The lowest BCUT2D eigenvalue weighted by Crippen LogP contribution is -2.17. The van der Waals surface area contributed by atoms with Crippen LogP contribution in [0.1, 0.15) is 42.6 Å². The van der Waals surface area contributed by atoms with Crippen LogP contribution in [0.15, 0.2) is 17.0 Å². The maximum absolute atomic E-state index is 12.5. The quantitative estimate of drug-likeness (QED) is 0.870. The molecule has 1 N–H and O–H groups in total. The molecular weight excluding hydrogens is 300 g/mol. The van der Waals surface area contributed by atoms with Crippen LogP contribution >= 0.6 is 11.6 Å². The first-order valence-electron chi connectivity index (χ1n) is 6.49. The van der Waals surface area contributed by atoms with E-state index in [1.807, 2.05) is 13.8 Å². The molecule has 112 valence electrons. The zero-order chi connectivity index (χ0) is 15.5. The Balaban J connectivity index is 3.35. The highest BCUT2D eigenvalue weighted by Crippen LogP contribution is 2.27. The average molecular weight is 319 g/mol. The molecule has 0 fully saturated rings. The van der Waals surface area contributed by atoms with Gasteiger partial charge in [0.25, 0.3) is 0 Å². The zero-order valence-corrected chi connectivity index (χ0v) is 13.4. The summed E-state index contributed by atoms with van der Waals surface area (Å²) in [6.45, 7) is 5.38. The van der Waals surface area contributed by atoms with Crippen LogP contribution in [0, 0.1) is 12.8 Å². The molecule has 0 aliphatic carbocycles. The summed E-state index contributed by atoms with van der Waals surface area (Å²) in [5.74, 6) is -1.10. The third-order valence-electron chi connectivity index (χ3n) is 3.50. The van der Waals surface area contributed by atoms with Crippen molar-refractivity contribution in [2.75, 3.05) is 5.75 Å². The normalized spacial score (nSPS) is 11.8. The molecule has 0 amide bonds. The first kappa shape index (κ1) is 17.0. The fourth-order valence-electron chi connectivity index (χ4n) is 2.12. The van der Waals surface area contributed by atoms with Gasteiger partial charge in [0.15, 0.2) is 9.84 Å². The second kappa shape index (κ2) is 6.59. The highest BCUT2D eigenvalue weighted by atomic mass is 35.5. The van der Waals surface area contributed by atoms with Gasteiger partial charge in [-0.1, -0.05) is 38.3 Å². The van der Waals surface area contributed by atoms with Crippen molar-refractivity contribution in [3.8, 4) is 0 Å². The summed E-state index contributed by atoms with van der Waals surface area (Å²) in [6.07, 6.45) is 1.53. The largest absolute Gasteiger partial charge is 0.478 e. The molecule has 1 rings (SSSR count). The highest BCUT2D eigenvalue weighted by Gasteiger charge is 2.24. The van der Waals surface area contributed by atoms with Crippen LogP contribution < -0.4 is 0 Å².